The Morgan fingerprint density at radius 3 is 1.72 bits per heavy atom. The molecule has 0 saturated carbocycles. The van der Waals surface area contributed by atoms with Crippen molar-refractivity contribution in [3.05, 3.63) is 114 Å². The highest BCUT2D eigenvalue weighted by atomic mass is 16.4. The van der Waals surface area contributed by atoms with Crippen molar-refractivity contribution in [1.82, 2.24) is 0 Å². The van der Waals surface area contributed by atoms with Gasteiger partial charge in [0, 0.05) is 21.5 Å². The fraction of sp³-hybridized carbons (Fsp3) is 0. The Morgan fingerprint density at radius 2 is 1.14 bits per heavy atom. The standard InChI is InChI=1S/C32H16N2O2/c1-34-24-7-3-6-21(15-24)23-9-13-30-28(17-23)26-11-10-25-27-16-22(20-5-2-4-19(14-20)18-33)8-12-29(27)35-31(25)32(26)36-30/h2-17H. The number of rotatable bonds is 2. The Bertz CT molecular complexity index is 1930. The van der Waals surface area contributed by atoms with Crippen LogP contribution in [0.1, 0.15) is 5.56 Å². The second-order valence-corrected chi connectivity index (χ2v) is 8.80. The average molecular weight is 460 g/mol. The van der Waals surface area contributed by atoms with Crippen LogP contribution in [0.25, 0.3) is 71.0 Å². The van der Waals surface area contributed by atoms with E-state index in [0.29, 0.717) is 11.3 Å². The van der Waals surface area contributed by atoms with Crippen LogP contribution in [0.2, 0.25) is 0 Å². The van der Waals surface area contributed by atoms with Crippen molar-refractivity contribution < 1.29 is 8.83 Å². The SMILES string of the molecule is [C-]#[N+]c1cccc(-c2ccc3oc4c(ccc5c6cc(-c7cccc(C#N)c7)ccc6oc54)c3c2)c1. The Morgan fingerprint density at radius 1 is 0.583 bits per heavy atom. The van der Waals surface area contributed by atoms with Gasteiger partial charge >= 0.3 is 0 Å². The molecule has 4 nitrogen and oxygen atoms in total. The number of furan rings is 2. The second kappa shape index (κ2) is 7.60. The lowest BCUT2D eigenvalue weighted by molar-refractivity contribution is 0.633. The number of nitriles is 1. The van der Waals surface area contributed by atoms with Crippen LogP contribution in [0.4, 0.5) is 5.69 Å². The van der Waals surface area contributed by atoms with Gasteiger partial charge in [-0.05, 0) is 76.9 Å². The Labute approximate surface area is 206 Å². The lowest BCUT2D eigenvalue weighted by atomic mass is 10.0. The third kappa shape index (κ3) is 2.99. The summed E-state index contributed by atoms with van der Waals surface area (Å²) >= 11 is 0. The van der Waals surface area contributed by atoms with Gasteiger partial charge < -0.3 is 8.83 Å². The molecule has 0 fully saturated rings. The molecule has 7 aromatic rings. The van der Waals surface area contributed by atoms with E-state index in [1.807, 2.05) is 66.7 Å². The first-order valence-electron chi connectivity index (χ1n) is 11.5. The van der Waals surface area contributed by atoms with Crippen LogP contribution in [-0.4, -0.2) is 0 Å². The zero-order chi connectivity index (χ0) is 24.2. The Kier molecular flexibility index (Phi) is 4.24. The fourth-order valence-electron chi connectivity index (χ4n) is 4.95. The van der Waals surface area contributed by atoms with Crippen LogP contribution in [0.3, 0.4) is 0 Å². The zero-order valence-corrected chi connectivity index (χ0v) is 18.9. The molecular formula is C32H16N2O2. The van der Waals surface area contributed by atoms with Gasteiger partial charge in [-0.1, -0.05) is 42.5 Å². The molecule has 0 spiro atoms. The maximum Gasteiger partial charge on any atom is 0.187 e. The molecule has 2 heterocycles. The largest absolute Gasteiger partial charge is 0.452 e. The summed E-state index contributed by atoms with van der Waals surface area (Å²) < 4.78 is 12.6. The van der Waals surface area contributed by atoms with Gasteiger partial charge in [-0.2, -0.15) is 5.26 Å². The van der Waals surface area contributed by atoms with Crippen LogP contribution >= 0.6 is 0 Å². The van der Waals surface area contributed by atoms with Crippen molar-refractivity contribution in [3.8, 4) is 28.3 Å². The summed E-state index contributed by atoms with van der Waals surface area (Å²) in [6, 6.07) is 33.8. The first kappa shape index (κ1) is 20.1. The van der Waals surface area contributed by atoms with E-state index in [9.17, 15) is 5.26 Å². The first-order chi connectivity index (χ1) is 17.7. The molecule has 0 amide bonds. The molecule has 0 bridgehead atoms. The predicted octanol–water partition coefficient (Wildman–Crippen LogP) is 9.24. The minimum absolute atomic E-state index is 0.618. The summed E-state index contributed by atoms with van der Waals surface area (Å²) in [6.07, 6.45) is 0. The molecule has 0 N–H and O–H groups in total. The fourth-order valence-corrected chi connectivity index (χ4v) is 4.95. The van der Waals surface area contributed by atoms with Gasteiger partial charge in [0.15, 0.2) is 16.9 Å². The molecule has 5 aromatic carbocycles. The van der Waals surface area contributed by atoms with E-state index in [-0.39, 0.29) is 0 Å². The number of hydrogen-bond acceptors (Lipinski definition) is 3. The third-order valence-electron chi connectivity index (χ3n) is 6.71. The van der Waals surface area contributed by atoms with E-state index < -0.39 is 0 Å². The predicted molar refractivity (Wildman–Crippen MR) is 143 cm³/mol. The first-order valence-corrected chi connectivity index (χ1v) is 11.5. The zero-order valence-electron chi connectivity index (χ0n) is 18.9. The molecule has 36 heavy (non-hydrogen) atoms. The van der Waals surface area contributed by atoms with E-state index in [1.165, 1.54) is 0 Å². The monoisotopic (exact) mass is 460 g/mol. The van der Waals surface area contributed by atoms with E-state index in [4.69, 9.17) is 15.4 Å². The molecule has 0 unspecified atom stereocenters. The van der Waals surface area contributed by atoms with Crippen molar-refractivity contribution in [1.29, 1.82) is 5.26 Å². The second-order valence-electron chi connectivity index (χ2n) is 8.80. The maximum absolute atomic E-state index is 9.27. The topological polar surface area (TPSA) is 54.4 Å². The molecule has 166 valence electrons. The summed E-state index contributed by atoms with van der Waals surface area (Å²) in [5.74, 6) is 0. The van der Waals surface area contributed by atoms with Gasteiger partial charge in [-0.15, -0.1) is 0 Å². The molecule has 0 aliphatic rings. The molecule has 7 rings (SSSR count). The van der Waals surface area contributed by atoms with Crippen molar-refractivity contribution in [3.63, 3.8) is 0 Å². The molecule has 0 saturated heterocycles. The molecule has 0 aliphatic heterocycles. The molecule has 0 aliphatic carbocycles. The highest BCUT2D eigenvalue weighted by Gasteiger charge is 2.17. The molecular weight excluding hydrogens is 444 g/mol. The maximum atomic E-state index is 9.27. The van der Waals surface area contributed by atoms with Crippen molar-refractivity contribution >= 4 is 49.6 Å². The Hall–Kier alpha value is -5.32. The summed E-state index contributed by atoms with van der Waals surface area (Å²) in [6.45, 7) is 7.31. The summed E-state index contributed by atoms with van der Waals surface area (Å²) in [5, 5.41) is 13.3. The Balaban J connectivity index is 1.42. The van der Waals surface area contributed by atoms with E-state index >= 15 is 0 Å². The highest BCUT2D eigenvalue weighted by Crippen LogP contribution is 2.40. The van der Waals surface area contributed by atoms with Gasteiger partial charge in [0.1, 0.15) is 11.2 Å². The van der Waals surface area contributed by atoms with Crippen LogP contribution in [-0.2, 0) is 0 Å². The number of fused-ring (bicyclic) bond motifs is 7. The summed E-state index contributed by atoms with van der Waals surface area (Å²) in [7, 11) is 0. The van der Waals surface area contributed by atoms with Gasteiger partial charge in [0.05, 0.1) is 18.2 Å². The minimum atomic E-state index is 0.618. The molecule has 4 heteroatoms. The van der Waals surface area contributed by atoms with Gasteiger partial charge in [-0.3, -0.25) is 0 Å². The van der Waals surface area contributed by atoms with Crippen LogP contribution < -0.4 is 0 Å². The van der Waals surface area contributed by atoms with Gasteiger partial charge in [0.25, 0.3) is 0 Å². The quantitative estimate of drug-likeness (QED) is 0.242. The van der Waals surface area contributed by atoms with Gasteiger partial charge in [-0.25, -0.2) is 4.85 Å². The summed E-state index contributed by atoms with van der Waals surface area (Å²) in [4.78, 5) is 3.55. The summed E-state index contributed by atoms with van der Waals surface area (Å²) in [5.41, 5.74) is 8.32. The molecule has 0 radical (unpaired) electrons. The number of nitrogens with zero attached hydrogens (tertiary/aromatic N) is 2. The molecule has 2 aromatic heterocycles. The van der Waals surface area contributed by atoms with Crippen LogP contribution in [0.15, 0.2) is 106 Å². The number of benzene rings is 5. The van der Waals surface area contributed by atoms with E-state index in [2.05, 4.69) is 35.2 Å². The minimum Gasteiger partial charge on any atom is -0.452 e. The van der Waals surface area contributed by atoms with Crippen LogP contribution in [0.5, 0.6) is 0 Å². The normalized spacial score (nSPS) is 11.3. The van der Waals surface area contributed by atoms with Crippen LogP contribution in [0, 0.1) is 17.9 Å². The van der Waals surface area contributed by atoms with E-state index in [1.54, 1.807) is 6.07 Å². The average Bonchev–Trinajstić information content (AvgIpc) is 3.50. The van der Waals surface area contributed by atoms with Gasteiger partial charge in [0.2, 0.25) is 0 Å². The van der Waals surface area contributed by atoms with Crippen molar-refractivity contribution in [2.45, 2.75) is 0 Å². The number of hydrogen-bond donors (Lipinski definition) is 0. The van der Waals surface area contributed by atoms with E-state index in [0.717, 1.165) is 66.1 Å². The smallest absolute Gasteiger partial charge is 0.187 e. The highest BCUT2D eigenvalue weighted by molar-refractivity contribution is 6.19. The third-order valence-corrected chi connectivity index (χ3v) is 6.71. The van der Waals surface area contributed by atoms with Crippen molar-refractivity contribution in [2.24, 2.45) is 0 Å². The molecule has 0 atom stereocenters. The van der Waals surface area contributed by atoms with Crippen molar-refractivity contribution in [2.75, 3.05) is 0 Å². The lowest BCUT2D eigenvalue weighted by Gasteiger charge is -2.02. The lowest BCUT2D eigenvalue weighted by Crippen LogP contribution is -1.80.